The number of rotatable bonds is 3. The van der Waals surface area contributed by atoms with Crippen molar-refractivity contribution in [1.29, 1.82) is 0 Å². The van der Waals surface area contributed by atoms with E-state index in [4.69, 9.17) is 4.55 Å². The molecular weight excluding hydrogens is 277 g/mol. The number of imide groups is 1. The molecule has 1 saturated heterocycles. The fourth-order valence-electron chi connectivity index (χ4n) is 1.07. The van der Waals surface area contributed by atoms with Gasteiger partial charge in [-0.2, -0.15) is 8.42 Å². The van der Waals surface area contributed by atoms with E-state index in [1.165, 1.54) is 6.92 Å². The molecule has 0 aromatic carbocycles. The second kappa shape index (κ2) is 5.93. The Balaban J connectivity index is 0.00000289. The molecule has 1 aliphatic rings. The van der Waals surface area contributed by atoms with Crippen LogP contribution in [-0.4, -0.2) is 70.6 Å². The molecule has 1 rings (SSSR count). The van der Waals surface area contributed by atoms with Gasteiger partial charge in [0.05, 0.1) is 6.42 Å². The summed E-state index contributed by atoms with van der Waals surface area (Å²) < 4.78 is 30.2. The number of carbonyl (C=O) groups is 3. The molecule has 1 radical (unpaired) electrons. The first-order chi connectivity index (χ1) is 7.64. The molecule has 18 heavy (non-hydrogen) atoms. The van der Waals surface area contributed by atoms with Crippen LogP contribution in [0.2, 0.25) is 0 Å². The summed E-state index contributed by atoms with van der Waals surface area (Å²) in [7, 11) is -4.70. The van der Waals surface area contributed by atoms with Crippen LogP contribution in [0.1, 0.15) is 13.3 Å². The van der Waals surface area contributed by atoms with Crippen LogP contribution >= 0.6 is 0 Å². The molecule has 0 aromatic heterocycles. The quantitative estimate of drug-likeness (QED) is 0.295. The van der Waals surface area contributed by atoms with Gasteiger partial charge in [-0.3, -0.25) is 14.1 Å². The van der Waals surface area contributed by atoms with Crippen molar-refractivity contribution in [3.63, 3.8) is 0 Å². The largest absolute Gasteiger partial charge is 0.359 e. The van der Waals surface area contributed by atoms with Gasteiger partial charge in [0.15, 0.2) is 5.25 Å². The van der Waals surface area contributed by atoms with E-state index in [2.05, 4.69) is 11.4 Å². The summed E-state index contributed by atoms with van der Waals surface area (Å²) in [4.78, 5) is 38.0. The molecular formula is C8H9NNaO7S. The summed E-state index contributed by atoms with van der Waals surface area (Å²) in [5.74, 6) is -3.36. The van der Waals surface area contributed by atoms with Gasteiger partial charge in [0.1, 0.15) is 0 Å². The second-order valence-corrected chi connectivity index (χ2v) is 4.99. The van der Waals surface area contributed by atoms with Gasteiger partial charge in [-0.15, -0.1) is 5.06 Å². The van der Waals surface area contributed by atoms with Gasteiger partial charge >= 0.3 is 5.97 Å². The van der Waals surface area contributed by atoms with Crippen LogP contribution in [0.3, 0.4) is 0 Å². The first-order valence-corrected chi connectivity index (χ1v) is 5.86. The Morgan fingerprint density at radius 1 is 1.50 bits per heavy atom. The fourth-order valence-corrected chi connectivity index (χ4v) is 1.78. The zero-order valence-electron chi connectivity index (χ0n) is 9.74. The van der Waals surface area contributed by atoms with Gasteiger partial charge in [0.25, 0.3) is 21.9 Å². The first-order valence-electron chi connectivity index (χ1n) is 4.35. The van der Waals surface area contributed by atoms with Crippen LogP contribution in [-0.2, 0) is 29.3 Å². The number of nitrogens with zero attached hydrogens (tertiary/aromatic N) is 1. The maximum absolute atomic E-state index is 11.4. The molecule has 1 aliphatic heterocycles. The van der Waals surface area contributed by atoms with Crippen molar-refractivity contribution in [3.05, 3.63) is 12.2 Å². The summed E-state index contributed by atoms with van der Waals surface area (Å²) in [6.45, 7) is 4.51. The Kier molecular flexibility index (Phi) is 5.69. The van der Waals surface area contributed by atoms with Crippen LogP contribution < -0.4 is 0 Å². The van der Waals surface area contributed by atoms with Crippen molar-refractivity contribution in [2.45, 2.75) is 18.6 Å². The SMILES string of the molecule is C=C(C)C(=O)ON1C(=O)CC(S(=O)(=O)O)C1=O.[Na]. The minimum Gasteiger partial charge on any atom is -0.325 e. The van der Waals surface area contributed by atoms with E-state index in [0.29, 0.717) is 0 Å². The van der Waals surface area contributed by atoms with E-state index in [1.54, 1.807) is 0 Å². The van der Waals surface area contributed by atoms with Crippen molar-refractivity contribution in [2.24, 2.45) is 0 Å². The van der Waals surface area contributed by atoms with E-state index in [9.17, 15) is 22.8 Å². The average molecular weight is 286 g/mol. The molecule has 2 amide bonds. The molecule has 0 bridgehead atoms. The Labute approximate surface area is 125 Å². The predicted octanol–water partition coefficient (Wildman–Crippen LogP) is -1.34. The van der Waals surface area contributed by atoms with Crippen molar-refractivity contribution in [2.75, 3.05) is 0 Å². The number of hydrogen-bond donors (Lipinski definition) is 1. The van der Waals surface area contributed by atoms with Crippen LogP contribution in [0.5, 0.6) is 0 Å². The minimum atomic E-state index is -4.70. The molecule has 0 saturated carbocycles. The topological polar surface area (TPSA) is 118 Å². The van der Waals surface area contributed by atoms with Crippen molar-refractivity contribution in [3.8, 4) is 0 Å². The molecule has 0 aliphatic carbocycles. The van der Waals surface area contributed by atoms with E-state index in [-0.39, 0.29) is 40.2 Å². The van der Waals surface area contributed by atoms with Crippen LogP contribution in [0.15, 0.2) is 12.2 Å². The van der Waals surface area contributed by atoms with Crippen molar-refractivity contribution in [1.82, 2.24) is 5.06 Å². The maximum Gasteiger partial charge on any atom is 0.359 e. The van der Waals surface area contributed by atoms with Crippen LogP contribution in [0, 0.1) is 0 Å². The number of amides is 2. The zero-order valence-corrected chi connectivity index (χ0v) is 12.6. The van der Waals surface area contributed by atoms with Crippen molar-refractivity contribution < 1.29 is 32.2 Å². The van der Waals surface area contributed by atoms with Gasteiger partial charge in [0.2, 0.25) is 0 Å². The predicted molar refractivity (Wildman–Crippen MR) is 58.5 cm³/mol. The Bertz CT molecular complexity index is 512. The maximum atomic E-state index is 11.4. The molecule has 1 fully saturated rings. The number of hydroxylamine groups is 2. The van der Waals surface area contributed by atoms with Crippen molar-refractivity contribution >= 4 is 57.5 Å². The fraction of sp³-hybridized carbons (Fsp3) is 0.375. The molecule has 0 spiro atoms. The normalized spacial score (nSPS) is 19.4. The third-order valence-corrected chi connectivity index (χ3v) is 3.03. The van der Waals surface area contributed by atoms with Gasteiger partial charge < -0.3 is 4.84 Å². The van der Waals surface area contributed by atoms with Gasteiger partial charge in [-0.25, -0.2) is 4.79 Å². The Morgan fingerprint density at radius 2 is 2.00 bits per heavy atom. The molecule has 8 nitrogen and oxygen atoms in total. The summed E-state index contributed by atoms with van der Waals surface area (Å²) in [5.41, 5.74) is -0.0686. The summed E-state index contributed by atoms with van der Waals surface area (Å²) >= 11 is 0. The third kappa shape index (κ3) is 3.62. The Morgan fingerprint density at radius 3 is 2.33 bits per heavy atom. The monoisotopic (exact) mass is 286 g/mol. The van der Waals surface area contributed by atoms with Crippen LogP contribution in [0.4, 0.5) is 0 Å². The zero-order chi connectivity index (χ0) is 13.4. The number of hydrogen-bond acceptors (Lipinski definition) is 6. The van der Waals surface area contributed by atoms with Gasteiger partial charge in [-0.05, 0) is 6.92 Å². The molecule has 1 heterocycles. The molecule has 1 atom stereocenters. The summed E-state index contributed by atoms with van der Waals surface area (Å²) in [6.07, 6.45) is -0.763. The molecule has 95 valence electrons. The van der Waals surface area contributed by atoms with Gasteiger partial charge in [0, 0.05) is 35.1 Å². The first kappa shape index (κ1) is 17.3. The summed E-state index contributed by atoms with van der Waals surface area (Å²) in [6, 6.07) is 0. The van der Waals surface area contributed by atoms with E-state index >= 15 is 0 Å². The molecule has 0 aromatic rings. The standard InChI is InChI=1S/C8H9NO7S.Na/c1-4(2)8(12)16-9-6(10)3-5(7(9)11)17(13,14)15;/h5H,1,3H2,2H3,(H,13,14,15);. The summed E-state index contributed by atoms with van der Waals surface area (Å²) in [5, 5.41) is -1.90. The number of carbonyl (C=O) groups excluding carboxylic acids is 3. The van der Waals surface area contributed by atoms with Gasteiger partial charge in [-0.1, -0.05) is 6.58 Å². The second-order valence-electron chi connectivity index (χ2n) is 3.39. The van der Waals surface area contributed by atoms with Crippen LogP contribution in [0.25, 0.3) is 0 Å². The smallest absolute Gasteiger partial charge is 0.325 e. The van der Waals surface area contributed by atoms with E-state index in [0.717, 1.165) is 0 Å². The minimum absolute atomic E-state index is 0. The molecule has 1 unspecified atom stereocenters. The van der Waals surface area contributed by atoms with E-state index < -0.39 is 39.6 Å². The molecule has 1 N–H and O–H groups in total. The third-order valence-electron chi connectivity index (χ3n) is 1.94. The van der Waals surface area contributed by atoms with E-state index in [1.807, 2.05) is 0 Å². The average Bonchev–Trinajstić information content (AvgIpc) is 2.44. The molecule has 10 heteroatoms. The Hall–Kier alpha value is -0.740.